The van der Waals surface area contributed by atoms with Crippen molar-refractivity contribution in [3.05, 3.63) is 91.5 Å². The van der Waals surface area contributed by atoms with Gasteiger partial charge in [0.05, 0.1) is 5.92 Å². The van der Waals surface area contributed by atoms with E-state index in [9.17, 15) is 29.8 Å². The molecule has 0 saturated carbocycles. The Bertz CT molecular complexity index is 922. The predicted molar refractivity (Wildman–Crippen MR) is 107 cm³/mol. The average molecular weight is 434 g/mol. The molecular weight excluding hydrogens is 416 g/mol. The fraction of sp³-hybridized carbons (Fsp3) is 0.263. The SMILES string of the molecule is CC(C(=O)SCC(CO[N+](=O)[O-])O[N+](=O)[O-])c1cccc(C(=O)c2ccccc2)c1. The van der Waals surface area contributed by atoms with Crippen LogP contribution in [0, 0.1) is 20.2 Å². The van der Waals surface area contributed by atoms with Gasteiger partial charge in [0.25, 0.3) is 10.2 Å². The van der Waals surface area contributed by atoms with Gasteiger partial charge in [-0.05, 0) is 11.6 Å². The maximum Gasteiger partial charge on any atom is 0.294 e. The van der Waals surface area contributed by atoms with Crippen LogP contribution in [0.25, 0.3) is 0 Å². The molecular formula is C19H18N2O8S. The lowest BCUT2D eigenvalue weighted by molar-refractivity contribution is -0.788. The number of hydrogen-bond acceptors (Lipinski definition) is 9. The summed E-state index contributed by atoms with van der Waals surface area (Å²) in [7, 11) is 0. The van der Waals surface area contributed by atoms with Crippen LogP contribution < -0.4 is 0 Å². The minimum Gasteiger partial charge on any atom is -0.312 e. The van der Waals surface area contributed by atoms with Crippen LogP contribution in [0.5, 0.6) is 0 Å². The van der Waals surface area contributed by atoms with Gasteiger partial charge in [-0.1, -0.05) is 67.2 Å². The summed E-state index contributed by atoms with van der Waals surface area (Å²) in [6, 6.07) is 15.4. The molecule has 0 saturated heterocycles. The van der Waals surface area contributed by atoms with Crippen LogP contribution in [-0.2, 0) is 14.5 Å². The van der Waals surface area contributed by atoms with E-state index in [0.717, 1.165) is 11.8 Å². The summed E-state index contributed by atoms with van der Waals surface area (Å²) in [6.45, 7) is 0.960. The molecule has 2 atom stereocenters. The van der Waals surface area contributed by atoms with Crippen LogP contribution in [0.1, 0.15) is 34.3 Å². The molecule has 0 aromatic heterocycles. The number of rotatable bonds is 11. The minimum atomic E-state index is -1.28. The van der Waals surface area contributed by atoms with Crippen LogP contribution >= 0.6 is 11.8 Å². The van der Waals surface area contributed by atoms with E-state index in [1.165, 1.54) is 0 Å². The normalized spacial score (nSPS) is 12.4. The molecule has 2 unspecified atom stereocenters. The van der Waals surface area contributed by atoms with Crippen LogP contribution in [-0.4, -0.2) is 39.5 Å². The van der Waals surface area contributed by atoms with E-state index in [2.05, 4.69) is 9.68 Å². The van der Waals surface area contributed by atoms with Crippen molar-refractivity contribution in [2.45, 2.75) is 18.9 Å². The topological polar surface area (TPSA) is 139 Å². The first-order valence-electron chi connectivity index (χ1n) is 8.72. The Morgan fingerprint density at radius 1 is 1.00 bits per heavy atom. The highest BCUT2D eigenvalue weighted by Crippen LogP contribution is 2.25. The molecule has 11 heteroatoms. The summed E-state index contributed by atoms with van der Waals surface area (Å²) in [5, 5.41) is 18.2. The maximum atomic E-state index is 12.6. The predicted octanol–water partition coefficient (Wildman–Crippen LogP) is 3.07. The molecule has 0 bridgehead atoms. The van der Waals surface area contributed by atoms with Gasteiger partial charge in [0.1, 0.15) is 12.7 Å². The molecule has 0 aliphatic rings. The number of benzene rings is 2. The highest BCUT2D eigenvalue weighted by molar-refractivity contribution is 8.13. The van der Waals surface area contributed by atoms with Gasteiger partial charge >= 0.3 is 0 Å². The molecule has 0 heterocycles. The lowest BCUT2D eigenvalue weighted by Gasteiger charge is -2.15. The van der Waals surface area contributed by atoms with Crippen molar-refractivity contribution in [3.63, 3.8) is 0 Å². The van der Waals surface area contributed by atoms with Gasteiger partial charge in [0.2, 0.25) is 0 Å². The van der Waals surface area contributed by atoms with Crippen LogP contribution in [0.4, 0.5) is 0 Å². The lowest BCUT2D eigenvalue weighted by Crippen LogP contribution is -2.27. The Hall–Kier alpha value is -3.47. The van der Waals surface area contributed by atoms with Crippen LogP contribution in [0.2, 0.25) is 0 Å². The number of ketones is 1. The third-order valence-electron chi connectivity index (χ3n) is 4.05. The number of hydrogen-bond donors (Lipinski definition) is 0. The van der Waals surface area contributed by atoms with E-state index < -0.39 is 28.8 Å². The lowest BCUT2D eigenvalue weighted by atomic mass is 9.96. The molecule has 2 aromatic carbocycles. The van der Waals surface area contributed by atoms with Gasteiger partial charge in [-0.3, -0.25) is 9.59 Å². The third-order valence-corrected chi connectivity index (χ3v) is 5.23. The van der Waals surface area contributed by atoms with Crippen molar-refractivity contribution in [1.82, 2.24) is 0 Å². The van der Waals surface area contributed by atoms with E-state index in [1.54, 1.807) is 61.5 Å². The van der Waals surface area contributed by atoms with Crippen molar-refractivity contribution in [2.24, 2.45) is 0 Å². The molecule has 158 valence electrons. The van der Waals surface area contributed by atoms with Crippen molar-refractivity contribution >= 4 is 22.7 Å². The number of nitrogens with zero attached hydrogens (tertiary/aromatic N) is 2. The summed E-state index contributed by atoms with van der Waals surface area (Å²) in [5.74, 6) is -1.01. The molecule has 0 aliphatic heterocycles. The smallest absolute Gasteiger partial charge is 0.294 e. The van der Waals surface area contributed by atoms with E-state index in [-0.39, 0.29) is 16.7 Å². The molecule has 2 aromatic rings. The van der Waals surface area contributed by atoms with Gasteiger partial charge < -0.3 is 9.68 Å². The Morgan fingerprint density at radius 3 is 2.30 bits per heavy atom. The summed E-state index contributed by atoms with van der Waals surface area (Å²) >= 11 is 0.736. The maximum absolute atomic E-state index is 12.6. The highest BCUT2D eigenvalue weighted by Gasteiger charge is 2.22. The Morgan fingerprint density at radius 2 is 1.67 bits per heavy atom. The molecule has 0 aliphatic carbocycles. The van der Waals surface area contributed by atoms with E-state index in [1.807, 2.05) is 0 Å². The fourth-order valence-corrected chi connectivity index (χ4v) is 3.41. The van der Waals surface area contributed by atoms with E-state index in [0.29, 0.717) is 16.7 Å². The zero-order valence-electron chi connectivity index (χ0n) is 15.8. The van der Waals surface area contributed by atoms with Crippen molar-refractivity contribution in [2.75, 3.05) is 12.4 Å². The first kappa shape index (κ1) is 22.8. The number of thioether (sulfide) groups is 1. The summed E-state index contributed by atoms with van der Waals surface area (Å²) in [5.41, 5.74) is 1.55. The molecule has 0 fully saturated rings. The molecule has 0 spiro atoms. The zero-order valence-corrected chi connectivity index (χ0v) is 16.7. The quantitative estimate of drug-likeness (QED) is 0.296. The van der Waals surface area contributed by atoms with Gasteiger partial charge in [-0.2, -0.15) is 0 Å². The molecule has 30 heavy (non-hydrogen) atoms. The van der Waals surface area contributed by atoms with Gasteiger partial charge in [-0.15, -0.1) is 20.2 Å². The minimum absolute atomic E-state index is 0.180. The Labute approximate surface area is 175 Å². The second-order valence-corrected chi connectivity index (χ2v) is 7.17. The Kier molecular flexibility index (Phi) is 8.29. The monoisotopic (exact) mass is 434 g/mol. The van der Waals surface area contributed by atoms with Crippen molar-refractivity contribution < 1.29 is 29.4 Å². The third kappa shape index (κ3) is 6.85. The molecule has 2 rings (SSSR count). The Balaban J connectivity index is 2.03. The van der Waals surface area contributed by atoms with Crippen LogP contribution in [0.3, 0.4) is 0 Å². The van der Waals surface area contributed by atoms with E-state index in [4.69, 9.17) is 0 Å². The standard InChI is InChI=1S/C19H18N2O8S/c1-13(19(23)30-12-17(29-21(26)27)11-28-20(24)25)15-8-5-9-16(10-15)18(22)14-6-3-2-4-7-14/h2-10,13,17H,11-12H2,1H3. The summed E-state index contributed by atoms with van der Waals surface area (Å²) < 4.78 is 0. The summed E-state index contributed by atoms with van der Waals surface area (Å²) in [6.07, 6.45) is -1.28. The summed E-state index contributed by atoms with van der Waals surface area (Å²) in [4.78, 5) is 54.3. The first-order valence-corrected chi connectivity index (χ1v) is 9.71. The molecule has 0 radical (unpaired) electrons. The first-order chi connectivity index (χ1) is 14.3. The average Bonchev–Trinajstić information content (AvgIpc) is 2.74. The molecule has 0 amide bonds. The number of carbonyl (C=O) groups is 2. The van der Waals surface area contributed by atoms with Gasteiger partial charge in [-0.25, -0.2) is 0 Å². The van der Waals surface area contributed by atoms with E-state index >= 15 is 0 Å². The second kappa shape index (κ2) is 10.9. The zero-order chi connectivity index (χ0) is 22.1. The number of carbonyl (C=O) groups excluding carboxylic acids is 2. The van der Waals surface area contributed by atoms with Gasteiger partial charge in [0, 0.05) is 16.9 Å². The van der Waals surface area contributed by atoms with Crippen LogP contribution in [0.15, 0.2) is 54.6 Å². The second-order valence-electron chi connectivity index (χ2n) is 6.14. The largest absolute Gasteiger partial charge is 0.312 e. The van der Waals surface area contributed by atoms with Crippen molar-refractivity contribution in [3.8, 4) is 0 Å². The molecule has 10 nitrogen and oxygen atoms in total. The van der Waals surface area contributed by atoms with Gasteiger partial charge in [0.15, 0.2) is 10.9 Å². The van der Waals surface area contributed by atoms with Crippen molar-refractivity contribution in [1.29, 1.82) is 0 Å². The highest BCUT2D eigenvalue weighted by atomic mass is 32.2. The fourth-order valence-electron chi connectivity index (χ4n) is 2.52. The molecule has 0 N–H and O–H groups in total.